The van der Waals surface area contributed by atoms with Crippen molar-refractivity contribution in [2.24, 2.45) is 0 Å². The largest absolute Gasteiger partial charge is 0.768 e. The van der Waals surface area contributed by atoms with Crippen molar-refractivity contribution in [1.82, 2.24) is 10.6 Å². The molecule has 0 bridgehead atoms. The van der Waals surface area contributed by atoms with E-state index in [2.05, 4.69) is 186 Å². The number of carbonyl (C=O) groups excluding carboxylic acids is 3. The molecule has 0 spiro atoms. The molecule has 1 atom stereocenters. The summed E-state index contributed by atoms with van der Waals surface area (Å²) in [6.45, 7) is 0. The number of hydrogen-bond acceptors (Lipinski definition) is 15. The smallest absolute Gasteiger partial charge is 0.335 e. The van der Waals surface area contributed by atoms with Crippen molar-refractivity contribution >= 4 is 266 Å². The third-order valence-corrected chi connectivity index (χ3v) is 29.6. The molecular formula is C41H31Br11ClN2O17S5-. The Morgan fingerprint density at radius 2 is 0.766 bits per heavy atom. The molecule has 5 aromatic rings. The molecule has 0 aromatic heterocycles. The molecule has 4 N–H and O–H groups in total. The lowest BCUT2D eigenvalue weighted by Crippen LogP contribution is -2.20. The molecule has 0 saturated carbocycles. The summed E-state index contributed by atoms with van der Waals surface area (Å²) in [4.78, 5) is 54.7. The highest BCUT2D eigenvalue weighted by Crippen LogP contribution is 2.45. The summed E-state index contributed by atoms with van der Waals surface area (Å²) in [6, 6.07) is 27.4. The zero-order valence-corrected chi connectivity index (χ0v) is 60.0. The first kappa shape index (κ1) is 74.1. The molecule has 0 aliphatic rings. The molecule has 0 aliphatic carbocycles. The molecule has 422 valence electrons. The van der Waals surface area contributed by atoms with Gasteiger partial charge in [0.2, 0.25) is 43.8 Å². The van der Waals surface area contributed by atoms with Gasteiger partial charge in [-0.1, -0.05) is 68.3 Å². The molecular weight excluding hydrogens is 1870 g/mol. The van der Waals surface area contributed by atoms with Crippen LogP contribution < -0.4 is 10.6 Å². The fourth-order valence-corrected chi connectivity index (χ4v) is 14.8. The number of carboxylic acids is 2. The third kappa shape index (κ3) is 22.3. The van der Waals surface area contributed by atoms with Gasteiger partial charge in [0.15, 0.2) is 3.07 Å². The van der Waals surface area contributed by atoms with Gasteiger partial charge in [0, 0.05) is 35.7 Å². The minimum absolute atomic E-state index is 0.0186. The number of carboxylic acid groups (broad SMARTS) is 2. The van der Waals surface area contributed by atoms with Crippen LogP contribution in [0.1, 0.15) is 51.8 Å². The van der Waals surface area contributed by atoms with E-state index in [4.69, 9.17) is 21.8 Å². The Morgan fingerprint density at radius 1 is 0.494 bits per heavy atom. The lowest BCUT2D eigenvalue weighted by atomic mass is 10.2. The summed E-state index contributed by atoms with van der Waals surface area (Å²) in [5.74, 6) is -2.98. The molecule has 0 radical (unpaired) electrons. The molecule has 19 nitrogen and oxygen atoms in total. The number of aromatic carboxylic acids is 2. The molecule has 1 unspecified atom stereocenters. The van der Waals surface area contributed by atoms with Crippen LogP contribution in [0.5, 0.6) is 0 Å². The van der Waals surface area contributed by atoms with E-state index in [9.17, 15) is 66.4 Å². The summed E-state index contributed by atoms with van der Waals surface area (Å²) < 4.78 is 111. The van der Waals surface area contributed by atoms with Crippen molar-refractivity contribution in [3.8, 4) is 0 Å². The number of rotatable bonds is 11. The van der Waals surface area contributed by atoms with Gasteiger partial charge in [-0.05, 0) is 251 Å². The molecule has 36 heteroatoms. The van der Waals surface area contributed by atoms with Crippen molar-refractivity contribution in [1.29, 1.82) is 0 Å². The fraction of sp³-hybridized carbons (Fsp3) is 0.146. The van der Waals surface area contributed by atoms with E-state index >= 15 is 0 Å². The van der Waals surface area contributed by atoms with Gasteiger partial charge in [-0.3, -0.25) is 18.6 Å². The Kier molecular flexibility index (Phi) is 30.5. The molecule has 5 aromatic carbocycles. The monoisotopic (exact) mass is 1890 g/mol. The van der Waals surface area contributed by atoms with Crippen molar-refractivity contribution in [3.05, 3.63) is 149 Å². The highest BCUT2D eigenvalue weighted by atomic mass is 80.0. The molecule has 2 amide bonds. The van der Waals surface area contributed by atoms with Crippen LogP contribution in [0.2, 0.25) is 0 Å². The van der Waals surface area contributed by atoms with Crippen LogP contribution in [-0.2, 0) is 50.4 Å². The first-order valence-corrected chi connectivity index (χ1v) is 35.6. The van der Waals surface area contributed by atoms with Crippen LogP contribution in [-0.4, -0.2) is 103 Å². The van der Waals surface area contributed by atoms with Crippen LogP contribution in [0, 0.1) is 0 Å². The Bertz CT molecular complexity index is 3340. The molecule has 0 heterocycles. The van der Waals surface area contributed by atoms with Crippen LogP contribution in [0.25, 0.3) is 0 Å². The first-order chi connectivity index (χ1) is 35.0. The number of nitrogens with one attached hydrogen (secondary N) is 2. The quantitative estimate of drug-likeness (QED) is 0.0542. The van der Waals surface area contributed by atoms with Crippen LogP contribution >= 0.6 is 187 Å². The molecule has 0 saturated heterocycles. The number of amides is 2. The number of hydrogen-bond donors (Lipinski definition) is 4. The first-order valence-electron chi connectivity index (χ1n) is 19.2. The Hall–Kier alpha value is -0.870. The Labute approximate surface area is 541 Å². The van der Waals surface area contributed by atoms with Crippen molar-refractivity contribution < 1.29 is 76.6 Å². The van der Waals surface area contributed by atoms with E-state index in [0.717, 1.165) is 12.1 Å². The number of benzene rings is 5. The van der Waals surface area contributed by atoms with E-state index in [1.165, 1.54) is 117 Å². The van der Waals surface area contributed by atoms with E-state index in [-0.39, 0.29) is 58.5 Å². The lowest BCUT2D eigenvalue weighted by molar-refractivity contribution is 0.0685. The minimum Gasteiger partial charge on any atom is -0.768 e. The van der Waals surface area contributed by atoms with Gasteiger partial charge in [0.05, 0.1) is 30.7 Å². The van der Waals surface area contributed by atoms with Crippen molar-refractivity contribution in [2.75, 3.05) is 14.1 Å². The van der Waals surface area contributed by atoms with Crippen LogP contribution in [0.3, 0.4) is 0 Å². The number of halogens is 12. The van der Waals surface area contributed by atoms with Crippen LogP contribution in [0.15, 0.2) is 146 Å². The molecule has 0 aliphatic heterocycles. The van der Waals surface area contributed by atoms with Gasteiger partial charge in [-0.15, -0.1) is 0 Å². The molecule has 77 heavy (non-hydrogen) atoms. The Balaban J connectivity index is 0.000000483. The second-order valence-corrected chi connectivity index (χ2v) is 52.4. The van der Waals surface area contributed by atoms with Crippen molar-refractivity contribution in [3.63, 3.8) is 0 Å². The predicted molar refractivity (Wildman–Crippen MR) is 329 cm³/mol. The van der Waals surface area contributed by atoms with Gasteiger partial charge in [-0.2, -0.15) is 0 Å². The number of alkyl halides is 11. The Morgan fingerprint density at radius 3 is 1.06 bits per heavy atom. The van der Waals surface area contributed by atoms with E-state index in [1.54, 1.807) is 6.07 Å². The van der Waals surface area contributed by atoms with Gasteiger partial charge in [-0.25, -0.2) is 43.3 Å². The van der Waals surface area contributed by atoms with Gasteiger partial charge in [0.1, 0.15) is 0 Å². The lowest BCUT2D eigenvalue weighted by Gasteiger charge is -2.14. The van der Waals surface area contributed by atoms with Crippen molar-refractivity contribution in [2.45, 2.75) is 32.0 Å². The maximum Gasteiger partial charge on any atom is 0.335 e. The maximum absolute atomic E-state index is 12.0. The highest BCUT2D eigenvalue weighted by Gasteiger charge is 2.39. The summed E-state index contributed by atoms with van der Waals surface area (Å²) in [7, 11) is -11.6. The summed E-state index contributed by atoms with van der Waals surface area (Å²) in [6.07, 6.45) is 0. The second kappa shape index (κ2) is 31.7. The highest BCUT2D eigenvalue weighted by molar-refractivity contribution is 9.43. The SMILES string of the molecule is CNC(=O)c1cccc(S(=O)(=O)C(Br)(Br)Br)c1.CNC(=O)c1cccc(S(=O)(=O)C(Br)Br)c1.O=C(Cl)c1cccc(S(=O)(=O)C(Br)(Br)Br)c1.O=C(O)c1cccc(S(=O)(=O)C(Br)(Br)Br)c1.O=C(O)c1cccc(S(=O)[O-])c1. The zero-order chi connectivity index (χ0) is 59.9. The summed E-state index contributed by atoms with van der Waals surface area (Å²) >= 11 is 35.1. The van der Waals surface area contributed by atoms with Crippen LogP contribution in [0.4, 0.5) is 0 Å². The fourth-order valence-electron chi connectivity index (χ4n) is 4.73. The van der Waals surface area contributed by atoms with E-state index in [0.29, 0.717) is 5.56 Å². The zero-order valence-electron chi connectivity index (χ0n) is 37.7. The van der Waals surface area contributed by atoms with E-state index < -0.39 is 75.1 Å². The number of sulfone groups is 4. The maximum atomic E-state index is 12.0. The average molecular weight is 1900 g/mol. The third-order valence-electron chi connectivity index (χ3n) is 8.47. The molecule has 0 fully saturated rings. The van der Waals surface area contributed by atoms with Gasteiger partial charge in [0.25, 0.3) is 17.1 Å². The van der Waals surface area contributed by atoms with Gasteiger partial charge < -0.3 is 25.4 Å². The summed E-state index contributed by atoms with van der Waals surface area (Å²) in [5.41, 5.74) is 0.601. The normalized spacial score (nSPS) is 12.2. The summed E-state index contributed by atoms with van der Waals surface area (Å²) in [5, 5.41) is 21.4. The van der Waals surface area contributed by atoms with Gasteiger partial charge >= 0.3 is 11.9 Å². The van der Waals surface area contributed by atoms with E-state index in [1.807, 2.05) is 0 Å². The second-order valence-electron chi connectivity index (χ2n) is 13.6. The minimum atomic E-state index is -3.75. The topological polar surface area (TPSA) is 327 Å². The molecule has 5 rings (SSSR count). The average Bonchev–Trinajstić information content (AvgIpc) is 3.35. The number of carbonyl (C=O) groups is 5. The predicted octanol–water partition coefficient (Wildman–Crippen LogP) is 11.7. The standard InChI is InChI=1S/C9H8Br3NO3S.C9H9Br2NO3S.C8H4Br3ClO3S.C8H5Br3O4S.C7H6O4S/c1-13-8(14)6-3-2-4-7(5-6)17(15,16)9(10,11)12;1-12-8(13)6-3-2-4-7(5-6)16(14,15)9(10)11;2*9-8(10,11)16(14,15)6-3-1-2-5(4-6)7(12)13;8-7(9)5-2-1-3-6(4-5)12(10)11/h2-5H,1H3,(H,13,14);2-5,9H,1H3,(H,12,13);1-4H;1-4H,(H,12,13);1-4H,(H,8,9)(H,10,11)/p-1.